The summed E-state index contributed by atoms with van der Waals surface area (Å²) in [5.41, 5.74) is 1.35. The fourth-order valence-corrected chi connectivity index (χ4v) is 8.68. The Balaban J connectivity index is 2.26. The Labute approximate surface area is 128 Å². The van der Waals surface area contributed by atoms with Gasteiger partial charge >= 0.3 is 129 Å². The molecule has 0 fully saturated rings. The van der Waals surface area contributed by atoms with E-state index in [4.69, 9.17) is 0 Å². The maximum atomic E-state index is 9.22. The zero-order chi connectivity index (χ0) is 14.4. The summed E-state index contributed by atoms with van der Waals surface area (Å²) in [5.74, 6) is 0. The van der Waals surface area contributed by atoms with Crippen LogP contribution in [0.5, 0.6) is 0 Å². The average Bonchev–Trinajstić information content (AvgIpc) is 2.49. The molecule has 0 saturated heterocycles. The molecule has 3 heteroatoms. The minimum absolute atomic E-state index is 0.0431. The SMILES string of the molecule is C[Si](C)(c1ccccc1)C(Cc1ccccc1)[Se]C#N. The van der Waals surface area contributed by atoms with Gasteiger partial charge in [-0.25, -0.2) is 0 Å². The molecule has 102 valence electrons. The number of nitrogens with zero attached hydrogens (tertiary/aromatic N) is 1. The third-order valence-corrected chi connectivity index (χ3v) is 12.9. The molecule has 20 heavy (non-hydrogen) atoms. The van der Waals surface area contributed by atoms with Crippen molar-refractivity contribution in [2.75, 3.05) is 0 Å². The van der Waals surface area contributed by atoms with E-state index in [1.165, 1.54) is 10.8 Å². The number of rotatable bonds is 5. The number of hydrogen-bond donors (Lipinski definition) is 0. The van der Waals surface area contributed by atoms with Crippen molar-refractivity contribution in [1.29, 1.82) is 5.26 Å². The monoisotopic (exact) mass is 345 g/mol. The van der Waals surface area contributed by atoms with Crippen LogP contribution in [-0.4, -0.2) is 23.0 Å². The predicted molar refractivity (Wildman–Crippen MR) is 88.8 cm³/mol. The molecule has 0 aliphatic carbocycles. The van der Waals surface area contributed by atoms with E-state index < -0.39 is 8.07 Å². The molecule has 0 spiro atoms. The van der Waals surface area contributed by atoms with E-state index in [0.717, 1.165) is 6.42 Å². The fourth-order valence-electron chi connectivity index (χ4n) is 2.39. The van der Waals surface area contributed by atoms with Gasteiger partial charge in [0.1, 0.15) is 0 Å². The Hall–Kier alpha value is -1.33. The summed E-state index contributed by atoms with van der Waals surface area (Å²) in [4.78, 5) is 2.46. The van der Waals surface area contributed by atoms with Gasteiger partial charge in [-0.15, -0.1) is 0 Å². The van der Waals surface area contributed by atoms with Crippen molar-refractivity contribution in [1.82, 2.24) is 0 Å². The second-order valence-corrected chi connectivity index (χ2v) is 13.2. The van der Waals surface area contributed by atoms with Gasteiger partial charge in [0, 0.05) is 0 Å². The third-order valence-electron chi connectivity index (χ3n) is 3.78. The van der Waals surface area contributed by atoms with Crippen LogP contribution >= 0.6 is 0 Å². The van der Waals surface area contributed by atoms with Crippen LogP contribution in [0.2, 0.25) is 17.5 Å². The van der Waals surface area contributed by atoms with Crippen LogP contribution in [-0.2, 0) is 6.42 Å². The van der Waals surface area contributed by atoms with E-state index >= 15 is 0 Å². The summed E-state index contributed by atoms with van der Waals surface area (Å²) in [6, 6.07) is 21.3. The summed E-state index contributed by atoms with van der Waals surface area (Å²) in [6.45, 7) is 4.80. The molecule has 0 aliphatic heterocycles. The zero-order valence-corrected chi connectivity index (χ0v) is 14.6. The maximum absolute atomic E-state index is 9.22. The molecule has 0 saturated carbocycles. The van der Waals surface area contributed by atoms with Gasteiger partial charge in [0.2, 0.25) is 0 Å². The molecule has 0 amide bonds. The Bertz CT molecular complexity index is 575. The summed E-state index contributed by atoms with van der Waals surface area (Å²) >= 11 is 0.0431. The Morgan fingerprint density at radius 3 is 2.10 bits per heavy atom. The van der Waals surface area contributed by atoms with Gasteiger partial charge in [0.05, 0.1) is 0 Å². The Kier molecular flexibility index (Phi) is 5.20. The number of nitriles is 1. The fraction of sp³-hybridized carbons (Fsp3) is 0.235. The number of hydrogen-bond acceptors (Lipinski definition) is 1. The molecule has 0 aliphatic rings. The second kappa shape index (κ2) is 6.90. The van der Waals surface area contributed by atoms with E-state index in [1.54, 1.807) is 0 Å². The average molecular weight is 344 g/mol. The first-order valence-corrected chi connectivity index (χ1v) is 11.7. The molecule has 1 atom stereocenters. The summed E-state index contributed by atoms with van der Waals surface area (Å²) in [7, 11) is -1.61. The van der Waals surface area contributed by atoms with Gasteiger partial charge in [0.25, 0.3) is 0 Å². The van der Waals surface area contributed by atoms with Crippen molar-refractivity contribution >= 4 is 28.2 Å². The van der Waals surface area contributed by atoms with Gasteiger partial charge < -0.3 is 0 Å². The molecule has 0 N–H and O–H groups in total. The molecule has 0 aromatic heterocycles. The minimum atomic E-state index is -1.61. The Morgan fingerprint density at radius 2 is 1.55 bits per heavy atom. The van der Waals surface area contributed by atoms with Crippen molar-refractivity contribution in [3.63, 3.8) is 0 Å². The van der Waals surface area contributed by atoms with Crippen LogP contribution in [0.1, 0.15) is 5.56 Å². The van der Waals surface area contributed by atoms with Crippen molar-refractivity contribution < 1.29 is 0 Å². The van der Waals surface area contributed by atoms with E-state index in [-0.39, 0.29) is 15.0 Å². The predicted octanol–water partition coefficient (Wildman–Crippen LogP) is 3.36. The first-order valence-electron chi connectivity index (χ1n) is 6.79. The van der Waals surface area contributed by atoms with E-state index in [2.05, 4.69) is 72.7 Å². The molecular formula is C17H19NSeSi. The summed E-state index contributed by atoms with van der Waals surface area (Å²) in [5, 5.41) is 10.7. The Morgan fingerprint density at radius 1 is 1.00 bits per heavy atom. The van der Waals surface area contributed by atoms with E-state index in [1.807, 2.05) is 6.07 Å². The first-order chi connectivity index (χ1) is 9.64. The topological polar surface area (TPSA) is 23.8 Å². The molecule has 0 heterocycles. The van der Waals surface area contributed by atoms with Gasteiger partial charge in [-0.1, -0.05) is 0 Å². The van der Waals surface area contributed by atoms with Crippen LogP contribution in [0.3, 0.4) is 0 Å². The summed E-state index contributed by atoms with van der Waals surface area (Å²) < 4.78 is 0.518. The van der Waals surface area contributed by atoms with Crippen LogP contribution in [0.4, 0.5) is 0 Å². The molecule has 2 aromatic rings. The van der Waals surface area contributed by atoms with Crippen molar-refractivity contribution in [2.45, 2.75) is 24.0 Å². The van der Waals surface area contributed by atoms with Crippen molar-refractivity contribution in [2.24, 2.45) is 0 Å². The van der Waals surface area contributed by atoms with Gasteiger partial charge in [-0.3, -0.25) is 0 Å². The standard InChI is InChI=1S/C17H19NSeSi/c1-20(2,16-11-7-4-8-12-16)17(19-14-18)13-15-9-5-3-6-10-15/h3-12,17H,13H2,1-2H3. The molecule has 0 radical (unpaired) electrons. The quantitative estimate of drug-likeness (QED) is 0.763. The van der Waals surface area contributed by atoms with Crippen LogP contribution < -0.4 is 5.19 Å². The molecule has 2 rings (SSSR count). The zero-order valence-electron chi connectivity index (χ0n) is 11.9. The van der Waals surface area contributed by atoms with Crippen LogP contribution in [0, 0.1) is 10.2 Å². The van der Waals surface area contributed by atoms with Gasteiger partial charge in [-0.2, -0.15) is 0 Å². The van der Waals surface area contributed by atoms with Gasteiger partial charge in [0.15, 0.2) is 0 Å². The molecule has 2 aromatic carbocycles. The number of benzene rings is 2. The molecular weight excluding hydrogens is 325 g/mol. The second-order valence-electron chi connectivity index (χ2n) is 5.48. The van der Waals surface area contributed by atoms with E-state index in [0.29, 0.717) is 4.44 Å². The molecule has 1 nitrogen and oxygen atoms in total. The van der Waals surface area contributed by atoms with Crippen LogP contribution in [0.15, 0.2) is 60.7 Å². The van der Waals surface area contributed by atoms with Gasteiger partial charge in [-0.05, 0) is 0 Å². The van der Waals surface area contributed by atoms with Crippen LogP contribution in [0.25, 0.3) is 0 Å². The summed E-state index contributed by atoms with van der Waals surface area (Å²) in [6.07, 6.45) is 1.03. The van der Waals surface area contributed by atoms with Crippen molar-refractivity contribution in [3.05, 3.63) is 66.2 Å². The molecule has 1 unspecified atom stereocenters. The molecule has 0 bridgehead atoms. The van der Waals surface area contributed by atoms with E-state index in [9.17, 15) is 5.26 Å². The normalized spacial score (nSPS) is 12.7. The first kappa shape index (κ1) is 15.1. The third kappa shape index (κ3) is 3.61. The van der Waals surface area contributed by atoms with Crippen molar-refractivity contribution in [3.8, 4) is 4.97 Å².